The molecule has 0 spiro atoms. The van der Waals surface area contributed by atoms with Crippen LogP contribution in [-0.2, 0) is 18.3 Å². The van der Waals surface area contributed by atoms with Gasteiger partial charge in [-0.2, -0.15) is 5.10 Å². The van der Waals surface area contributed by atoms with Crippen LogP contribution in [0.3, 0.4) is 0 Å². The summed E-state index contributed by atoms with van der Waals surface area (Å²) in [6.07, 6.45) is 2.57. The number of carbonyl (C=O) groups is 1. The van der Waals surface area contributed by atoms with Crippen molar-refractivity contribution in [2.75, 3.05) is 6.54 Å². The van der Waals surface area contributed by atoms with Crippen LogP contribution in [0.1, 0.15) is 17.3 Å². The van der Waals surface area contributed by atoms with Crippen LogP contribution in [0.5, 0.6) is 0 Å². The molecule has 2 rings (SSSR count). The van der Waals surface area contributed by atoms with Crippen LogP contribution >= 0.6 is 0 Å². The number of hydrogen-bond acceptors (Lipinski definition) is 3. The quantitative estimate of drug-likeness (QED) is 0.623. The molecule has 1 unspecified atom stereocenters. The summed E-state index contributed by atoms with van der Waals surface area (Å²) in [5.41, 5.74) is 1.69. The molecule has 1 aromatic heterocycles. The molecule has 1 atom stereocenters. The Morgan fingerprint density at radius 3 is 3.31 bits per heavy atom. The number of carboxylic acid groups (broad SMARTS) is 1. The zero-order chi connectivity index (χ0) is 9.42. The SMILES string of the molecule is Cn1cc2c(n1)CCNC2C(=O)O. The molecule has 1 aliphatic heterocycles. The van der Waals surface area contributed by atoms with Crippen molar-refractivity contribution in [3.63, 3.8) is 0 Å². The fourth-order valence-electron chi connectivity index (χ4n) is 1.65. The average Bonchev–Trinajstić information content (AvgIpc) is 2.43. The molecule has 70 valence electrons. The van der Waals surface area contributed by atoms with Gasteiger partial charge in [0.1, 0.15) is 6.04 Å². The monoisotopic (exact) mass is 181 g/mol. The number of aliphatic carboxylic acids is 1. The van der Waals surface area contributed by atoms with Crippen molar-refractivity contribution in [3.05, 3.63) is 17.5 Å². The maximum atomic E-state index is 10.8. The van der Waals surface area contributed by atoms with Gasteiger partial charge in [-0.3, -0.25) is 9.48 Å². The lowest BCUT2D eigenvalue weighted by atomic mass is 10.0. The van der Waals surface area contributed by atoms with E-state index in [1.54, 1.807) is 17.9 Å². The second-order valence-electron chi connectivity index (χ2n) is 3.18. The summed E-state index contributed by atoms with van der Waals surface area (Å²) in [5, 5.41) is 16.0. The van der Waals surface area contributed by atoms with Gasteiger partial charge in [0.2, 0.25) is 0 Å². The van der Waals surface area contributed by atoms with Crippen molar-refractivity contribution < 1.29 is 9.90 Å². The van der Waals surface area contributed by atoms with Gasteiger partial charge < -0.3 is 10.4 Å². The third-order valence-electron chi connectivity index (χ3n) is 2.21. The van der Waals surface area contributed by atoms with Crippen LogP contribution in [0.15, 0.2) is 6.20 Å². The van der Waals surface area contributed by atoms with Gasteiger partial charge in [0, 0.05) is 31.8 Å². The lowest BCUT2D eigenvalue weighted by molar-refractivity contribution is -0.139. The van der Waals surface area contributed by atoms with Crippen molar-refractivity contribution in [3.8, 4) is 0 Å². The summed E-state index contributed by atoms with van der Waals surface area (Å²) in [7, 11) is 1.80. The Balaban J connectivity index is 2.41. The van der Waals surface area contributed by atoms with Gasteiger partial charge in [0.25, 0.3) is 0 Å². The third-order valence-corrected chi connectivity index (χ3v) is 2.21. The van der Waals surface area contributed by atoms with E-state index in [2.05, 4.69) is 10.4 Å². The highest BCUT2D eigenvalue weighted by molar-refractivity contribution is 5.76. The summed E-state index contributed by atoms with van der Waals surface area (Å²) in [5.74, 6) is -0.839. The Morgan fingerprint density at radius 1 is 1.85 bits per heavy atom. The number of rotatable bonds is 1. The van der Waals surface area contributed by atoms with E-state index < -0.39 is 12.0 Å². The van der Waals surface area contributed by atoms with E-state index in [1.807, 2.05) is 0 Å². The van der Waals surface area contributed by atoms with Crippen LogP contribution in [0, 0.1) is 0 Å². The Labute approximate surface area is 75.4 Å². The Kier molecular flexibility index (Phi) is 1.81. The molecule has 0 fully saturated rings. The summed E-state index contributed by atoms with van der Waals surface area (Å²) in [6.45, 7) is 0.682. The molecule has 0 saturated carbocycles. The van der Waals surface area contributed by atoms with Crippen molar-refractivity contribution in [2.24, 2.45) is 7.05 Å². The lowest BCUT2D eigenvalue weighted by Crippen LogP contribution is -2.34. The molecule has 0 aliphatic carbocycles. The van der Waals surface area contributed by atoms with Gasteiger partial charge in [-0.15, -0.1) is 0 Å². The highest BCUT2D eigenvalue weighted by atomic mass is 16.4. The van der Waals surface area contributed by atoms with Crippen molar-refractivity contribution in [2.45, 2.75) is 12.5 Å². The maximum Gasteiger partial charge on any atom is 0.325 e. The lowest BCUT2D eigenvalue weighted by Gasteiger charge is -2.18. The molecule has 5 heteroatoms. The van der Waals surface area contributed by atoms with Crippen molar-refractivity contribution in [1.82, 2.24) is 15.1 Å². The maximum absolute atomic E-state index is 10.8. The summed E-state index contributed by atoms with van der Waals surface area (Å²) in [4.78, 5) is 10.8. The van der Waals surface area contributed by atoms with E-state index in [0.29, 0.717) is 6.54 Å². The van der Waals surface area contributed by atoms with Gasteiger partial charge in [-0.1, -0.05) is 0 Å². The number of carboxylic acids is 1. The fraction of sp³-hybridized carbons (Fsp3) is 0.500. The minimum atomic E-state index is -0.839. The molecule has 0 radical (unpaired) electrons. The molecular weight excluding hydrogens is 170 g/mol. The molecule has 1 aromatic rings. The molecule has 13 heavy (non-hydrogen) atoms. The van der Waals surface area contributed by atoms with Gasteiger partial charge in [-0.25, -0.2) is 0 Å². The topological polar surface area (TPSA) is 67.2 Å². The van der Waals surface area contributed by atoms with E-state index >= 15 is 0 Å². The fourth-order valence-corrected chi connectivity index (χ4v) is 1.65. The molecular formula is C8H11N3O2. The van der Waals surface area contributed by atoms with Crippen LogP contribution in [0.25, 0.3) is 0 Å². The predicted molar refractivity (Wildman–Crippen MR) is 45.3 cm³/mol. The van der Waals surface area contributed by atoms with Gasteiger partial charge in [-0.05, 0) is 0 Å². The number of fused-ring (bicyclic) bond motifs is 1. The molecule has 2 N–H and O–H groups in total. The van der Waals surface area contributed by atoms with E-state index in [0.717, 1.165) is 17.7 Å². The molecule has 2 heterocycles. The standard InChI is InChI=1S/C8H11N3O2/c1-11-4-5-6(10-11)2-3-9-7(5)8(12)13/h4,7,9H,2-3H2,1H3,(H,12,13). The van der Waals surface area contributed by atoms with E-state index in [1.165, 1.54) is 0 Å². The van der Waals surface area contributed by atoms with Crippen LogP contribution in [-0.4, -0.2) is 27.4 Å². The Morgan fingerprint density at radius 2 is 2.62 bits per heavy atom. The first-order chi connectivity index (χ1) is 6.18. The zero-order valence-electron chi connectivity index (χ0n) is 7.32. The number of aromatic nitrogens is 2. The van der Waals surface area contributed by atoms with Gasteiger partial charge >= 0.3 is 5.97 Å². The molecule has 0 aromatic carbocycles. The third kappa shape index (κ3) is 1.31. The molecule has 0 saturated heterocycles. The zero-order valence-corrected chi connectivity index (χ0v) is 7.32. The first-order valence-corrected chi connectivity index (χ1v) is 4.17. The largest absolute Gasteiger partial charge is 0.480 e. The van der Waals surface area contributed by atoms with E-state index in [4.69, 9.17) is 5.11 Å². The minimum Gasteiger partial charge on any atom is -0.480 e. The molecule has 0 bridgehead atoms. The minimum absolute atomic E-state index is 0.586. The summed E-state index contributed by atoms with van der Waals surface area (Å²) >= 11 is 0. The van der Waals surface area contributed by atoms with E-state index in [-0.39, 0.29) is 0 Å². The number of aryl methyl sites for hydroxylation is 1. The highest BCUT2D eigenvalue weighted by Gasteiger charge is 2.27. The second-order valence-corrected chi connectivity index (χ2v) is 3.18. The normalized spacial score (nSPS) is 21.2. The molecule has 5 nitrogen and oxygen atoms in total. The second kappa shape index (κ2) is 2.85. The van der Waals surface area contributed by atoms with Gasteiger partial charge in [0.15, 0.2) is 0 Å². The molecule has 0 amide bonds. The Bertz CT molecular complexity index is 345. The van der Waals surface area contributed by atoms with Crippen molar-refractivity contribution in [1.29, 1.82) is 0 Å². The van der Waals surface area contributed by atoms with Crippen LogP contribution in [0.4, 0.5) is 0 Å². The molecule has 1 aliphatic rings. The number of hydrogen-bond donors (Lipinski definition) is 2. The predicted octanol–water partition coefficient (Wildman–Crippen LogP) is -0.309. The highest BCUT2D eigenvalue weighted by Crippen LogP contribution is 2.21. The smallest absolute Gasteiger partial charge is 0.325 e. The first-order valence-electron chi connectivity index (χ1n) is 4.17. The average molecular weight is 181 g/mol. The Hall–Kier alpha value is -1.36. The first kappa shape index (κ1) is 8.25. The van der Waals surface area contributed by atoms with Gasteiger partial charge in [0.05, 0.1) is 5.69 Å². The van der Waals surface area contributed by atoms with Crippen molar-refractivity contribution >= 4 is 5.97 Å². The summed E-state index contributed by atoms with van der Waals surface area (Å²) in [6, 6.07) is -0.586. The summed E-state index contributed by atoms with van der Waals surface area (Å²) < 4.78 is 1.66. The van der Waals surface area contributed by atoms with E-state index in [9.17, 15) is 4.79 Å². The van der Waals surface area contributed by atoms with Crippen LogP contribution < -0.4 is 5.32 Å². The van der Waals surface area contributed by atoms with Crippen LogP contribution in [0.2, 0.25) is 0 Å². The number of nitrogens with one attached hydrogen (secondary N) is 1. The number of nitrogens with zero attached hydrogens (tertiary/aromatic N) is 2.